The maximum absolute atomic E-state index is 12.0. The standard InChI is InChI=1S/C14H12N4O3S/c1-7-2-3-9-10(4-7)22-14(16-9)18-12(20)6-8-5-11(19)17-13(21)15-8/h2-5H,6H2,1H3,(H,16,18,20)(H2,15,17,19,21). The van der Waals surface area contributed by atoms with Crippen LogP contribution in [0.5, 0.6) is 0 Å². The molecule has 0 atom stereocenters. The van der Waals surface area contributed by atoms with Crippen molar-refractivity contribution in [2.75, 3.05) is 5.32 Å². The Morgan fingerprint density at radius 2 is 2.09 bits per heavy atom. The molecule has 2 heterocycles. The Bertz CT molecular complexity index is 942. The van der Waals surface area contributed by atoms with Crippen molar-refractivity contribution in [3.63, 3.8) is 0 Å². The molecule has 0 radical (unpaired) electrons. The van der Waals surface area contributed by atoms with Gasteiger partial charge in [0.25, 0.3) is 5.56 Å². The number of nitrogens with zero attached hydrogens (tertiary/aromatic N) is 1. The number of rotatable bonds is 3. The minimum atomic E-state index is -0.634. The van der Waals surface area contributed by atoms with Crippen molar-refractivity contribution in [2.24, 2.45) is 0 Å². The van der Waals surface area contributed by atoms with Crippen molar-refractivity contribution in [3.8, 4) is 0 Å². The van der Waals surface area contributed by atoms with E-state index in [0.29, 0.717) is 5.13 Å². The lowest BCUT2D eigenvalue weighted by Crippen LogP contribution is -2.25. The number of carbonyl (C=O) groups is 1. The van der Waals surface area contributed by atoms with Crippen LogP contribution in [0.25, 0.3) is 10.2 Å². The van der Waals surface area contributed by atoms with Crippen LogP contribution in [0.3, 0.4) is 0 Å². The largest absolute Gasteiger partial charge is 0.325 e. The number of hydrogen-bond donors (Lipinski definition) is 3. The minimum absolute atomic E-state index is 0.103. The molecule has 3 aromatic rings. The van der Waals surface area contributed by atoms with Crippen LogP contribution in [0, 0.1) is 6.92 Å². The molecule has 8 heteroatoms. The number of fused-ring (bicyclic) bond motifs is 1. The van der Waals surface area contributed by atoms with Gasteiger partial charge in [-0.2, -0.15) is 0 Å². The van der Waals surface area contributed by atoms with Crippen molar-refractivity contribution >= 4 is 32.6 Å². The number of H-pyrrole nitrogens is 2. The van der Waals surface area contributed by atoms with Crippen LogP contribution in [0.15, 0.2) is 33.9 Å². The van der Waals surface area contributed by atoms with E-state index in [9.17, 15) is 14.4 Å². The fourth-order valence-electron chi connectivity index (χ4n) is 2.04. The van der Waals surface area contributed by atoms with Crippen LogP contribution in [0.4, 0.5) is 5.13 Å². The number of anilines is 1. The van der Waals surface area contributed by atoms with Gasteiger partial charge in [0.2, 0.25) is 5.91 Å². The van der Waals surface area contributed by atoms with Crippen molar-refractivity contribution in [2.45, 2.75) is 13.3 Å². The average Bonchev–Trinajstić information content (AvgIpc) is 2.78. The Morgan fingerprint density at radius 1 is 1.27 bits per heavy atom. The molecule has 2 aromatic heterocycles. The van der Waals surface area contributed by atoms with Crippen molar-refractivity contribution < 1.29 is 4.79 Å². The topological polar surface area (TPSA) is 108 Å². The molecule has 1 amide bonds. The average molecular weight is 316 g/mol. The molecule has 7 nitrogen and oxygen atoms in total. The predicted molar refractivity (Wildman–Crippen MR) is 84.4 cm³/mol. The first-order valence-electron chi connectivity index (χ1n) is 6.49. The number of aryl methyl sites for hydroxylation is 1. The number of amides is 1. The van der Waals surface area contributed by atoms with Gasteiger partial charge in [-0.25, -0.2) is 9.78 Å². The number of nitrogens with one attached hydrogen (secondary N) is 3. The highest BCUT2D eigenvalue weighted by molar-refractivity contribution is 7.22. The maximum atomic E-state index is 12.0. The quantitative estimate of drug-likeness (QED) is 0.674. The van der Waals surface area contributed by atoms with E-state index in [1.54, 1.807) is 0 Å². The second-order valence-electron chi connectivity index (χ2n) is 4.83. The summed E-state index contributed by atoms with van der Waals surface area (Å²) in [6.45, 7) is 1.99. The summed E-state index contributed by atoms with van der Waals surface area (Å²) in [5.74, 6) is -0.350. The molecule has 0 saturated carbocycles. The number of benzene rings is 1. The zero-order chi connectivity index (χ0) is 15.7. The Morgan fingerprint density at radius 3 is 2.86 bits per heavy atom. The first kappa shape index (κ1) is 14.2. The third kappa shape index (κ3) is 3.12. The molecule has 3 N–H and O–H groups in total. The molecule has 0 saturated heterocycles. The smallest absolute Gasteiger partial charge is 0.311 e. The monoisotopic (exact) mass is 316 g/mol. The fraction of sp³-hybridized carbons (Fsp3) is 0.143. The van der Waals surface area contributed by atoms with Gasteiger partial charge in [-0.3, -0.25) is 14.6 Å². The first-order valence-corrected chi connectivity index (χ1v) is 7.31. The van der Waals surface area contributed by atoms with E-state index in [-0.39, 0.29) is 18.0 Å². The van der Waals surface area contributed by atoms with E-state index in [1.165, 1.54) is 17.4 Å². The Labute approximate surface area is 128 Å². The van der Waals surface area contributed by atoms with E-state index in [4.69, 9.17) is 0 Å². The Hall–Kier alpha value is -2.74. The maximum Gasteiger partial charge on any atom is 0.325 e. The van der Waals surface area contributed by atoms with Crippen LogP contribution in [-0.2, 0) is 11.2 Å². The summed E-state index contributed by atoms with van der Waals surface area (Å²) in [5, 5.41) is 3.16. The van der Waals surface area contributed by atoms with Gasteiger partial charge in [0.05, 0.1) is 16.6 Å². The molecule has 1 aromatic carbocycles. The molecular weight excluding hydrogens is 304 g/mol. The van der Waals surface area contributed by atoms with Crippen LogP contribution < -0.4 is 16.6 Å². The van der Waals surface area contributed by atoms with E-state index in [2.05, 4.69) is 15.3 Å². The van der Waals surface area contributed by atoms with Gasteiger partial charge in [0.1, 0.15) is 0 Å². The first-order chi connectivity index (χ1) is 10.5. The van der Waals surface area contributed by atoms with E-state index < -0.39 is 11.2 Å². The highest BCUT2D eigenvalue weighted by atomic mass is 32.1. The van der Waals surface area contributed by atoms with Gasteiger partial charge in [-0.15, -0.1) is 0 Å². The second kappa shape index (κ2) is 5.57. The fourth-order valence-corrected chi connectivity index (χ4v) is 3.02. The number of aromatic nitrogens is 3. The van der Waals surface area contributed by atoms with Crippen molar-refractivity contribution in [3.05, 3.63) is 56.4 Å². The summed E-state index contributed by atoms with van der Waals surface area (Å²) < 4.78 is 0.986. The summed E-state index contributed by atoms with van der Waals surface area (Å²) in [5.41, 5.74) is 1.02. The third-order valence-corrected chi connectivity index (χ3v) is 3.89. The number of aromatic amines is 2. The molecule has 0 spiro atoms. The summed E-state index contributed by atoms with van der Waals surface area (Å²) in [6.07, 6.45) is -0.103. The van der Waals surface area contributed by atoms with Gasteiger partial charge in [-0.05, 0) is 24.6 Å². The number of hydrogen-bond acceptors (Lipinski definition) is 5. The van der Waals surface area contributed by atoms with Crippen LogP contribution in [0.2, 0.25) is 0 Å². The van der Waals surface area contributed by atoms with Crippen LogP contribution in [0.1, 0.15) is 11.3 Å². The van der Waals surface area contributed by atoms with Crippen molar-refractivity contribution in [1.29, 1.82) is 0 Å². The molecular formula is C14H12N4O3S. The normalized spacial score (nSPS) is 10.8. The lowest BCUT2D eigenvalue weighted by atomic mass is 10.2. The summed E-state index contributed by atoms with van der Waals surface area (Å²) in [6, 6.07) is 7.03. The minimum Gasteiger partial charge on any atom is -0.311 e. The van der Waals surface area contributed by atoms with Gasteiger partial charge in [0.15, 0.2) is 5.13 Å². The third-order valence-electron chi connectivity index (χ3n) is 2.96. The molecule has 0 unspecified atom stereocenters. The lowest BCUT2D eigenvalue weighted by molar-refractivity contribution is -0.115. The molecule has 0 aliphatic heterocycles. The van der Waals surface area contributed by atoms with Gasteiger partial charge < -0.3 is 10.3 Å². The Balaban J connectivity index is 1.77. The van der Waals surface area contributed by atoms with E-state index >= 15 is 0 Å². The summed E-state index contributed by atoms with van der Waals surface area (Å²) >= 11 is 1.37. The van der Waals surface area contributed by atoms with Crippen LogP contribution in [-0.4, -0.2) is 20.9 Å². The molecule has 112 valence electrons. The second-order valence-corrected chi connectivity index (χ2v) is 5.86. The lowest BCUT2D eigenvalue weighted by Gasteiger charge is -2.00. The molecule has 0 aliphatic carbocycles. The van der Waals surface area contributed by atoms with Crippen LogP contribution >= 0.6 is 11.3 Å². The molecule has 0 fully saturated rings. The molecule has 3 rings (SSSR count). The molecule has 0 aliphatic rings. The number of thiazole rings is 1. The van der Waals surface area contributed by atoms with Gasteiger partial charge >= 0.3 is 5.69 Å². The SMILES string of the molecule is Cc1ccc2nc(NC(=O)Cc3cc(=O)[nH]c(=O)[nH]3)sc2c1. The van der Waals surface area contributed by atoms with E-state index in [1.807, 2.05) is 30.1 Å². The predicted octanol–water partition coefficient (Wildman–Crippen LogP) is 1.16. The zero-order valence-electron chi connectivity index (χ0n) is 11.6. The van der Waals surface area contributed by atoms with Gasteiger partial charge in [-0.1, -0.05) is 17.4 Å². The Kier molecular flexibility index (Phi) is 3.60. The molecule has 22 heavy (non-hydrogen) atoms. The highest BCUT2D eigenvalue weighted by Gasteiger charge is 2.09. The summed E-state index contributed by atoms with van der Waals surface area (Å²) in [4.78, 5) is 43.1. The van der Waals surface area contributed by atoms with Gasteiger partial charge in [0, 0.05) is 11.8 Å². The zero-order valence-corrected chi connectivity index (χ0v) is 12.4. The van der Waals surface area contributed by atoms with E-state index in [0.717, 1.165) is 15.8 Å². The highest BCUT2D eigenvalue weighted by Crippen LogP contribution is 2.26. The number of carbonyl (C=O) groups excluding carboxylic acids is 1. The molecule has 0 bridgehead atoms. The van der Waals surface area contributed by atoms with Crippen molar-refractivity contribution in [1.82, 2.24) is 15.0 Å². The summed E-state index contributed by atoms with van der Waals surface area (Å²) in [7, 11) is 0.